The number of aromatic nitrogens is 3. The van der Waals surface area contributed by atoms with E-state index < -0.39 is 0 Å². The van der Waals surface area contributed by atoms with Gasteiger partial charge in [-0.15, -0.1) is 11.3 Å². The summed E-state index contributed by atoms with van der Waals surface area (Å²) in [5.74, 6) is 0.289. The van der Waals surface area contributed by atoms with Crippen molar-refractivity contribution < 1.29 is 9.53 Å². The Bertz CT molecular complexity index is 1270. The molecule has 1 amide bonds. The molecule has 0 fully saturated rings. The van der Waals surface area contributed by atoms with Crippen molar-refractivity contribution in [3.05, 3.63) is 92.3 Å². The molecule has 0 unspecified atom stereocenters. The van der Waals surface area contributed by atoms with Crippen LogP contribution in [0.2, 0.25) is 0 Å². The normalized spacial score (nSPS) is 10.8. The van der Waals surface area contributed by atoms with Gasteiger partial charge in [0.1, 0.15) is 18.0 Å². The van der Waals surface area contributed by atoms with Crippen molar-refractivity contribution in [2.75, 3.05) is 5.32 Å². The van der Waals surface area contributed by atoms with E-state index in [1.54, 1.807) is 54.3 Å². The zero-order valence-electron chi connectivity index (χ0n) is 17.5. The lowest BCUT2D eigenvalue weighted by molar-refractivity contribution is 0.102. The van der Waals surface area contributed by atoms with Crippen molar-refractivity contribution >= 4 is 22.9 Å². The number of aryl methyl sites for hydroxylation is 1. The monoisotopic (exact) mass is 434 g/mol. The van der Waals surface area contributed by atoms with Crippen molar-refractivity contribution in [1.82, 2.24) is 14.3 Å². The summed E-state index contributed by atoms with van der Waals surface area (Å²) >= 11 is 1.58. The van der Waals surface area contributed by atoms with E-state index >= 15 is 0 Å². The van der Waals surface area contributed by atoms with Gasteiger partial charge in [-0.25, -0.2) is 9.67 Å². The van der Waals surface area contributed by atoms with Gasteiger partial charge in [0, 0.05) is 18.0 Å². The molecule has 4 rings (SSSR count). The maximum Gasteiger partial charge on any atom is 0.295 e. The molecule has 1 N–H and O–H groups in total. The third kappa shape index (κ3) is 4.29. The first-order valence-corrected chi connectivity index (χ1v) is 10.6. The molecule has 31 heavy (non-hydrogen) atoms. The molecule has 0 aliphatic heterocycles. The fraction of sp³-hybridized carbons (Fsp3) is 0.174. The Morgan fingerprint density at radius 3 is 2.45 bits per heavy atom. The lowest BCUT2D eigenvalue weighted by Crippen LogP contribution is -2.22. The van der Waals surface area contributed by atoms with Crippen LogP contribution in [-0.4, -0.2) is 20.3 Å². The third-order valence-corrected chi connectivity index (χ3v) is 5.78. The zero-order chi connectivity index (χ0) is 22.0. The fourth-order valence-corrected chi connectivity index (χ4v) is 3.83. The first-order valence-electron chi connectivity index (χ1n) is 9.73. The van der Waals surface area contributed by atoms with Gasteiger partial charge in [-0.3, -0.25) is 14.3 Å². The third-order valence-electron chi connectivity index (χ3n) is 4.96. The van der Waals surface area contributed by atoms with Gasteiger partial charge in [0.2, 0.25) is 0 Å². The molecule has 2 heterocycles. The second-order valence-electron chi connectivity index (χ2n) is 7.06. The minimum atomic E-state index is -0.354. The molecule has 4 aromatic rings. The number of benzene rings is 2. The molecule has 0 bridgehead atoms. The number of nitrogens with zero attached hydrogens (tertiary/aromatic N) is 3. The molecular weight excluding hydrogens is 412 g/mol. The smallest absolute Gasteiger partial charge is 0.295 e. The van der Waals surface area contributed by atoms with E-state index in [9.17, 15) is 9.59 Å². The quantitative estimate of drug-likeness (QED) is 0.496. The molecular formula is C23H22N4O3S. The van der Waals surface area contributed by atoms with Crippen LogP contribution in [0.4, 0.5) is 5.69 Å². The highest BCUT2D eigenvalue weighted by molar-refractivity contribution is 7.09. The number of rotatable bonds is 6. The van der Waals surface area contributed by atoms with Crippen LogP contribution in [0.15, 0.2) is 64.8 Å². The second-order valence-corrected chi connectivity index (χ2v) is 8.12. The maximum atomic E-state index is 13.0. The number of thiazole rings is 1. The summed E-state index contributed by atoms with van der Waals surface area (Å²) in [6.07, 6.45) is 0. The Labute approximate surface area is 183 Å². The average molecular weight is 435 g/mol. The molecule has 0 atom stereocenters. The molecule has 8 heteroatoms. The molecule has 0 radical (unpaired) electrons. The minimum absolute atomic E-state index is 0.260. The van der Waals surface area contributed by atoms with Gasteiger partial charge in [-0.2, -0.15) is 0 Å². The minimum Gasteiger partial charge on any atom is -0.487 e. The number of hydrogen-bond donors (Lipinski definition) is 1. The summed E-state index contributed by atoms with van der Waals surface area (Å²) in [4.78, 5) is 30.1. The van der Waals surface area contributed by atoms with Crippen LogP contribution in [0.1, 0.15) is 26.8 Å². The van der Waals surface area contributed by atoms with Crippen molar-refractivity contribution in [1.29, 1.82) is 0 Å². The molecule has 0 aliphatic rings. The van der Waals surface area contributed by atoms with E-state index in [-0.39, 0.29) is 17.2 Å². The number of para-hydroxylation sites is 1. The number of ether oxygens (including phenoxy) is 1. The first-order chi connectivity index (χ1) is 14.9. The van der Waals surface area contributed by atoms with E-state index in [2.05, 4.69) is 10.3 Å². The highest BCUT2D eigenvalue weighted by atomic mass is 32.1. The standard InChI is InChI=1S/C23H22N4O3S/c1-15-21(23(29)27(26(15)3)19-7-5-4-6-8-19)25-22(28)17-9-11-20(12-10-17)30-13-18-14-31-16(2)24-18/h4-12,14H,13H2,1-3H3,(H,25,28). The van der Waals surface area contributed by atoms with Crippen LogP contribution in [0.3, 0.4) is 0 Å². The van der Waals surface area contributed by atoms with Gasteiger partial charge in [-0.05, 0) is 50.2 Å². The largest absolute Gasteiger partial charge is 0.487 e. The van der Waals surface area contributed by atoms with Crippen LogP contribution in [-0.2, 0) is 13.7 Å². The van der Waals surface area contributed by atoms with Gasteiger partial charge >= 0.3 is 0 Å². The van der Waals surface area contributed by atoms with Gasteiger partial charge < -0.3 is 10.1 Å². The van der Waals surface area contributed by atoms with Crippen LogP contribution in [0.25, 0.3) is 5.69 Å². The molecule has 2 aromatic carbocycles. The predicted molar refractivity (Wildman–Crippen MR) is 121 cm³/mol. The highest BCUT2D eigenvalue weighted by Gasteiger charge is 2.18. The number of anilines is 1. The van der Waals surface area contributed by atoms with E-state index in [4.69, 9.17) is 4.74 Å². The summed E-state index contributed by atoms with van der Waals surface area (Å²) in [6, 6.07) is 16.1. The Morgan fingerprint density at radius 1 is 1.10 bits per heavy atom. The number of hydrogen-bond acceptors (Lipinski definition) is 5. The Hall–Kier alpha value is -3.65. The average Bonchev–Trinajstić information content (AvgIpc) is 3.29. The SMILES string of the molecule is Cc1nc(COc2ccc(C(=O)Nc3c(C)n(C)n(-c4ccccc4)c3=O)cc2)cs1. The van der Waals surface area contributed by atoms with E-state index in [1.807, 2.05) is 42.6 Å². The van der Waals surface area contributed by atoms with E-state index in [1.165, 1.54) is 4.68 Å². The summed E-state index contributed by atoms with van der Waals surface area (Å²) in [7, 11) is 1.79. The Kier molecular flexibility index (Phi) is 5.73. The maximum absolute atomic E-state index is 13.0. The predicted octanol–water partition coefficient (Wildman–Crippen LogP) is 4.08. The molecule has 2 aromatic heterocycles. The van der Waals surface area contributed by atoms with Crippen molar-refractivity contribution in [2.45, 2.75) is 20.5 Å². The van der Waals surface area contributed by atoms with Gasteiger partial charge in [0.15, 0.2) is 0 Å². The zero-order valence-corrected chi connectivity index (χ0v) is 18.3. The number of amides is 1. The van der Waals surface area contributed by atoms with E-state index in [0.717, 1.165) is 16.4 Å². The van der Waals surface area contributed by atoms with Gasteiger partial charge in [0.25, 0.3) is 11.5 Å². The number of carbonyl (C=O) groups is 1. The lowest BCUT2D eigenvalue weighted by Gasteiger charge is -2.07. The summed E-state index contributed by atoms with van der Waals surface area (Å²) in [5, 5.41) is 5.72. The topological polar surface area (TPSA) is 78.2 Å². The van der Waals surface area contributed by atoms with Crippen molar-refractivity contribution in [2.24, 2.45) is 7.05 Å². The second kappa shape index (κ2) is 8.61. The molecule has 0 spiro atoms. The lowest BCUT2D eigenvalue weighted by atomic mass is 10.2. The van der Waals surface area contributed by atoms with Crippen LogP contribution in [0.5, 0.6) is 5.75 Å². The molecule has 0 saturated heterocycles. The molecule has 158 valence electrons. The van der Waals surface area contributed by atoms with Crippen molar-refractivity contribution in [3.63, 3.8) is 0 Å². The molecule has 0 aliphatic carbocycles. The fourth-order valence-electron chi connectivity index (χ4n) is 3.23. The summed E-state index contributed by atoms with van der Waals surface area (Å²) in [5.41, 5.74) is 2.69. The van der Waals surface area contributed by atoms with E-state index in [0.29, 0.717) is 23.6 Å². The van der Waals surface area contributed by atoms with Gasteiger partial charge in [-0.1, -0.05) is 18.2 Å². The number of carbonyl (C=O) groups excluding carboxylic acids is 1. The van der Waals surface area contributed by atoms with Crippen molar-refractivity contribution in [3.8, 4) is 11.4 Å². The van der Waals surface area contributed by atoms with Crippen LogP contribution >= 0.6 is 11.3 Å². The first kappa shape index (κ1) is 20.6. The van der Waals surface area contributed by atoms with Gasteiger partial charge in [0.05, 0.1) is 22.1 Å². The molecule has 0 saturated carbocycles. The summed E-state index contributed by atoms with van der Waals surface area (Å²) < 4.78 is 8.98. The highest BCUT2D eigenvalue weighted by Crippen LogP contribution is 2.18. The Morgan fingerprint density at radius 2 is 1.81 bits per heavy atom. The Balaban J connectivity index is 1.49. The summed E-state index contributed by atoms with van der Waals surface area (Å²) in [6.45, 7) is 4.12. The van der Waals surface area contributed by atoms with Crippen LogP contribution < -0.4 is 15.6 Å². The number of nitrogens with one attached hydrogen (secondary N) is 1. The molecule has 7 nitrogen and oxygen atoms in total. The van der Waals surface area contributed by atoms with Crippen LogP contribution in [0, 0.1) is 13.8 Å².